The quantitative estimate of drug-likeness (QED) is 0.457. The number of rotatable bonds is 0. The van der Waals surface area contributed by atoms with Crippen LogP contribution in [0.4, 0.5) is 0 Å². The van der Waals surface area contributed by atoms with Crippen molar-refractivity contribution in [1.82, 2.24) is 0 Å². The van der Waals surface area contributed by atoms with E-state index in [9.17, 15) is 4.79 Å². The molecule has 0 saturated carbocycles. The van der Waals surface area contributed by atoms with Crippen LogP contribution in [-0.4, -0.2) is 0 Å². The van der Waals surface area contributed by atoms with Crippen LogP contribution in [0.25, 0.3) is 11.0 Å². The molecule has 0 bridgehead atoms. The Morgan fingerprint density at radius 3 is 2.58 bits per heavy atom. The number of benzene rings is 1. The fourth-order valence-electron chi connectivity index (χ4n) is 1.01. The van der Waals surface area contributed by atoms with Crippen LogP contribution in [0.1, 0.15) is 0 Å². The van der Waals surface area contributed by atoms with Crippen molar-refractivity contribution in [2.45, 2.75) is 0 Å². The third-order valence-corrected chi connectivity index (χ3v) is 1.53. The number of para-hydroxylation sites is 1. The lowest BCUT2D eigenvalue weighted by atomic mass is 10.2. The molecule has 1 unspecified atom stereocenters. The monoisotopic (exact) mass is 180 g/mol. The Labute approximate surface area is 72.8 Å². The molecule has 0 N–H and O–H groups in total. The summed E-state index contributed by atoms with van der Waals surface area (Å²) in [4.78, 5) is 10.7. The second kappa shape index (κ2) is 3.51. The zero-order chi connectivity index (χ0) is 7.68. The lowest BCUT2D eigenvalue weighted by Gasteiger charge is -1.91. The molecule has 0 amide bonds. The first-order valence-corrected chi connectivity index (χ1v) is 3.35. The van der Waals surface area contributed by atoms with E-state index in [1.165, 1.54) is 6.07 Å². The van der Waals surface area contributed by atoms with Gasteiger partial charge in [0.05, 0.1) is 0 Å². The molecule has 12 heavy (non-hydrogen) atoms. The van der Waals surface area contributed by atoms with Crippen LogP contribution in [0.2, 0.25) is 0 Å². The van der Waals surface area contributed by atoms with E-state index in [4.69, 9.17) is 4.42 Å². The van der Waals surface area contributed by atoms with Gasteiger partial charge < -0.3 is 4.42 Å². The molecule has 0 aliphatic rings. The van der Waals surface area contributed by atoms with E-state index >= 15 is 0 Å². The molecule has 62 valence electrons. The number of hydrogen-bond acceptors (Lipinski definition) is 2. The Kier molecular flexibility index (Phi) is 2.61. The van der Waals surface area contributed by atoms with Crippen molar-refractivity contribution < 1.29 is 4.42 Å². The SMILES string of the molecule is O=c1ccc2ccccc2o1.P. The van der Waals surface area contributed by atoms with Gasteiger partial charge in [0.25, 0.3) is 0 Å². The summed E-state index contributed by atoms with van der Waals surface area (Å²) in [6, 6.07) is 10.6. The Balaban J connectivity index is 0.000000720. The Morgan fingerprint density at radius 1 is 1.00 bits per heavy atom. The van der Waals surface area contributed by atoms with Crippen LogP contribution in [-0.2, 0) is 0 Å². The van der Waals surface area contributed by atoms with Crippen LogP contribution >= 0.6 is 9.90 Å². The smallest absolute Gasteiger partial charge is 0.336 e. The molecule has 1 aromatic heterocycles. The van der Waals surface area contributed by atoms with Gasteiger partial charge in [-0.1, -0.05) is 18.2 Å². The van der Waals surface area contributed by atoms with E-state index in [0.29, 0.717) is 5.58 Å². The lowest BCUT2D eigenvalue weighted by Crippen LogP contribution is -1.93. The van der Waals surface area contributed by atoms with Gasteiger partial charge in [0.1, 0.15) is 5.58 Å². The standard InChI is InChI=1S/C9H6O2.H3P/c10-9-6-5-7-3-1-2-4-8(7)11-9;/h1-6H;1H3. The van der Waals surface area contributed by atoms with Crippen molar-refractivity contribution in [3.05, 3.63) is 46.8 Å². The summed E-state index contributed by atoms with van der Waals surface area (Å²) < 4.78 is 4.91. The highest BCUT2D eigenvalue weighted by molar-refractivity contribution is 6.92. The van der Waals surface area contributed by atoms with Gasteiger partial charge in [-0.3, -0.25) is 0 Å². The normalized spacial score (nSPS) is 9.33. The summed E-state index contributed by atoms with van der Waals surface area (Å²) in [5.41, 5.74) is 0.337. The fourth-order valence-corrected chi connectivity index (χ4v) is 1.01. The van der Waals surface area contributed by atoms with Crippen LogP contribution < -0.4 is 5.63 Å². The predicted molar refractivity (Wildman–Crippen MR) is 53.6 cm³/mol. The number of hydrogen-bond donors (Lipinski definition) is 0. The molecule has 0 saturated heterocycles. The van der Waals surface area contributed by atoms with Crippen LogP contribution in [0.3, 0.4) is 0 Å². The maximum Gasteiger partial charge on any atom is 0.336 e. The predicted octanol–water partition coefficient (Wildman–Crippen LogP) is 1.85. The third-order valence-electron chi connectivity index (χ3n) is 1.53. The zero-order valence-electron chi connectivity index (χ0n) is 6.49. The topological polar surface area (TPSA) is 30.2 Å². The van der Waals surface area contributed by atoms with E-state index in [1.54, 1.807) is 12.1 Å². The second-order valence-corrected chi connectivity index (χ2v) is 2.29. The van der Waals surface area contributed by atoms with E-state index < -0.39 is 0 Å². The minimum atomic E-state index is -0.302. The largest absolute Gasteiger partial charge is 0.423 e. The van der Waals surface area contributed by atoms with E-state index in [2.05, 4.69) is 0 Å². The average Bonchev–Trinajstić information content (AvgIpc) is 2.04. The van der Waals surface area contributed by atoms with Gasteiger partial charge in [0, 0.05) is 11.5 Å². The highest BCUT2D eigenvalue weighted by atomic mass is 31.0. The first-order valence-electron chi connectivity index (χ1n) is 3.35. The summed E-state index contributed by atoms with van der Waals surface area (Å²) in [6.45, 7) is 0. The molecule has 3 heteroatoms. The van der Waals surface area contributed by atoms with Crippen molar-refractivity contribution in [2.75, 3.05) is 0 Å². The van der Waals surface area contributed by atoms with Gasteiger partial charge >= 0.3 is 5.63 Å². The molecule has 2 rings (SSSR count). The molecule has 1 atom stereocenters. The Morgan fingerprint density at radius 2 is 1.75 bits per heavy atom. The molecule has 1 aromatic carbocycles. The molecule has 0 radical (unpaired) electrons. The van der Waals surface area contributed by atoms with Crippen molar-refractivity contribution >= 4 is 20.9 Å². The van der Waals surface area contributed by atoms with Gasteiger partial charge in [0.2, 0.25) is 0 Å². The highest BCUT2D eigenvalue weighted by Crippen LogP contribution is 2.08. The summed E-state index contributed by atoms with van der Waals surface area (Å²) in [5, 5.41) is 0.951. The summed E-state index contributed by atoms with van der Waals surface area (Å²) in [7, 11) is 0. The molecule has 0 fully saturated rings. The van der Waals surface area contributed by atoms with Gasteiger partial charge in [-0.25, -0.2) is 4.79 Å². The third kappa shape index (κ3) is 1.54. The molecular formula is C9H9O2P. The molecule has 0 spiro atoms. The van der Waals surface area contributed by atoms with Crippen molar-refractivity contribution in [3.63, 3.8) is 0 Å². The highest BCUT2D eigenvalue weighted by Gasteiger charge is 1.92. The maximum absolute atomic E-state index is 10.7. The van der Waals surface area contributed by atoms with Gasteiger partial charge in [-0.15, -0.1) is 0 Å². The molecule has 2 nitrogen and oxygen atoms in total. The van der Waals surface area contributed by atoms with E-state index in [1.807, 2.05) is 18.2 Å². The summed E-state index contributed by atoms with van der Waals surface area (Å²) >= 11 is 0. The van der Waals surface area contributed by atoms with Crippen molar-refractivity contribution in [2.24, 2.45) is 0 Å². The van der Waals surface area contributed by atoms with Gasteiger partial charge in [-0.2, -0.15) is 9.90 Å². The van der Waals surface area contributed by atoms with Crippen molar-refractivity contribution in [3.8, 4) is 0 Å². The minimum Gasteiger partial charge on any atom is -0.423 e. The molecule has 0 aliphatic heterocycles. The fraction of sp³-hybridized carbons (Fsp3) is 0. The first kappa shape index (κ1) is 8.95. The number of fused-ring (bicyclic) bond motifs is 1. The Hall–Kier alpha value is -1.14. The van der Waals surface area contributed by atoms with Crippen LogP contribution in [0.15, 0.2) is 45.6 Å². The van der Waals surface area contributed by atoms with Gasteiger partial charge in [0.15, 0.2) is 0 Å². The zero-order valence-corrected chi connectivity index (χ0v) is 7.90. The second-order valence-electron chi connectivity index (χ2n) is 2.29. The van der Waals surface area contributed by atoms with Crippen LogP contribution in [0, 0.1) is 0 Å². The summed E-state index contributed by atoms with van der Waals surface area (Å²) in [6.07, 6.45) is 0. The lowest BCUT2D eigenvalue weighted by molar-refractivity contribution is 0.561. The van der Waals surface area contributed by atoms with E-state index in [0.717, 1.165) is 5.39 Å². The molecule has 0 aliphatic carbocycles. The van der Waals surface area contributed by atoms with E-state index in [-0.39, 0.29) is 15.5 Å². The first-order chi connectivity index (χ1) is 5.36. The maximum atomic E-state index is 10.7. The molecular weight excluding hydrogens is 171 g/mol. The van der Waals surface area contributed by atoms with Crippen LogP contribution in [0.5, 0.6) is 0 Å². The summed E-state index contributed by atoms with van der Waals surface area (Å²) in [5.74, 6) is 0. The Bertz CT molecular complexity index is 433. The minimum absolute atomic E-state index is 0. The molecule has 1 heterocycles. The average molecular weight is 180 g/mol. The van der Waals surface area contributed by atoms with Crippen molar-refractivity contribution in [1.29, 1.82) is 0 Å². The molecule has 2 aromatic rings. The van der Waals surface area contributed by atoms with Gasteiger partial charge in [-0.05, 0) is 12.1 Å².